The van der Waals surface area contributed by atoms with E-state index in [1.807, 2.05) is 10.7 Å². The molecule has 2 unspecified atom stereocenters. The van der Waals surface area contributed by atoms with Gasteiger partial charge in [0.2, 0.25) is 0 Å². The maximum absolute atomic E-state index is 6.27. The maximum Gasteiger partial charge on any atom is 0.0862 e. The molecule has 2 N–H and O–H groups in total. The first-order valence-corrected chi connectivity index (χ1v) is 5.58. The second-order valence-corrected chi connectivity index (χ2v) is 4.31. The summed E-state index contributed by atoms with van der Waals surface area (Å²) < 4.78 is 7.70. The van der Waals surface area contributed by atoms with Crippen molar-refractivity contribution in [3.63, 3.8) is 0 Å². The van der Waals surface area contributed by atoms with Crippen LogP contribution in [0, 0.1) is 0 Å². The lowest BCUT2D eigenvalue weighted by molar-refractivity contribution is -0.00382. The molecule has 2 heterocycles. The van der Waals surface area contributed by atoms with E-state index in [1.165, 1.54) is 0 Å². The van der Waals surface area contributed by atoms with Crippen molar-refractivity contribution in [1.29, 1.82) is 0 Å². The number of hydrogen-bond acceptors (Lipinski definition) is 3. The Morgan fingerprint density at radius 1 is 1.73 bits per heavy atom. The van der Waals surface area contributed by atoms with Crippen molar-refractivity contribution in [1.82, 2.24) is 9.78 Å². The summed E-state index contributed by atoms with van der Waals surface area (Å²) in [6.07, 6.45) is 3.94. The van der Waals surface area contributed by atoms with Crippen LogP contribution in [0.25, 0.3) is 0 Å². The Bertz CT molecular complexity index is 328. The predicted molar refractivity (Wildman–Crippen MR) is 58.4 cm³/mol. The van der Waals surface area contributed by atoms with Crippen molar-refractivity contribution >= 4 is 0 Å². The molecule has 1 aliphatic rings. The van der Waals surface area contributed by atoms with E-state index in [2.05, 4.69) is 18.9 Å². The van der Waals surface area contributed by atoms with Gasteiger partial charge in [0.25, 0.3) is 0 Å². The monoisotopic (exact) mass is 209 g/mol. The van der Waals surface area contributed by atoms with Gasteiger partial charge >= 0.3 is 0 Å². The molecule has 0 aromatic carbocycles. The van der Waals surface area contributed by atoms with E-state index in [-0.39, 0.29) is 11.6 Å². The van der Waals surface area contributed by atoms with Crippen LogP contribution in [0.3, 0.4) is 0 Å². The van der Waals surface area contributed by atoms with Crippen molar-refractivity contribution in [2.45, 2.75) is 44.9 Å². The summed E-state index contributed by atoms with van der Waals surface area (Å²) in [7, 11) is 0. The molecule has 1 aromatic rings. The maximum atomic E-state index is 6.27. The minimum absolute atomic E-state index is 0.0811. The van der Waals surface area contributed by atoms with Gasteiger partial charge in [0, 0.05) is 19.3 Å². The van der Waals surface area contributed by atoms with E-state index in [9.17, 15) is 0 Å². The molecule has 4 nitrogen and oxygen atoms in total. The molecular weight excluding hydrogens is 190 g/mol. The van der Waals surface area contributed by atoms with Crippen LogP contribution in [0.15, 0.2) is 12.3 Å². The van der Waals surface area contributed by atoms with Gasteiger partial charge in [0.15, 0.2) is 0 Å². The molecule has 0 saturated carbocycles. The summed E-state index contributed by atoms with van der Waals surface area (Å²) in [4.78, 5) is 0. The average Bonchev–Trinajstić information content (AvgIpc) is 2.85. The zero-order chi connectivity index (χ0) is 10.9. The summed E-state index contributed by atoms with van der Waals surface area (Å²) in [5.41, 5.74) is 7.13. The van der Waals surface area contributed by atoms with Crippen molar-refractivity contribution in [3.8, 4) is 0 Å². The number of nitrogens with two attached hydrogens (primary N) is 1. The van der Waals surface area contributed by atoms with Crippen LogP contribution in [0.1, 0.15) is 38.4 Å². The summed E-state index contributed by atoms with van der Waals surface area (Å²) in [6, 6.07) is 1.91. The Morgan fingerprint density at radius 3 is 3.13 bits per heavy atom. The third kappa shape index (κ3) is 1.79. The first-order chi connectivity index (χ1) is 7.17. The lowest BCUT2D eigenvalue weighted by atomic mass is 9.91. The summed E-state index contributed by atoms with van der Waals surface area (Å²) in [5, 5.41) is 4.24. The van der Waals surface area contributed by atoms with Gasteiger partial charge in [-0.1, -0.05) is 0 Å². The summed E-state index contributed by atoms with van der Waals surface area (Å²) >= 11 is 0. The van der Waals surface area contributed by atoms with Gasteiger partial charge in [-0.15, -0.1) is 0 Å². The highest BCUT2D eigenvalue weighted by molar-refractivity contribution is 5.12. The van der Waals surface area contributed by atoms with Gasteiger partial charge in [0.05, 0.1) is 17.3 Å². The van der Waals surface area contributed by atoms with Gasteiger partial charge in [0.1, 0.15) is 0 Å². The molecule has 2 atom stereocenters. The fourth-order valence-electron chi connectivity index (χ4n) is 2.23. The standard InChI is InChI=1S/C11H19N3O/c1-3-14-9(5-7-13-14)10(12)11(2)6-4-8-15-11/h5,7,10H,3-4,6,8,12H2,1-2H3. The first kappa shape index (κ1) is 10.6. The van der Waals surface area contributed by atoms with E-state index < -0.39 is 0 Å². The van der Waals surface area contributed by atoms with Crippen LogP contribution in [-0.4, -0.2) is 22.0 Å². The van der Waals surface area contributed by atoms with Gasteiger partial charge in [-0.05, 0) is 32.8 Å². The Hall–Kier alpha value is -0.870. The molecule has 0 amide bonds. The van der Waals surface area contributed by atoms with E-state index in [1.54, 1.807) is 6.20 Å². The van der Waals surface area contributed by atoms with Crippen molar-refractivity contribution in [2.24, 2.45) is 5.73 Å². The zero-order valence-electron chi connectivity index (χ0n) is 9.44. The van der Waals surface area contributed by atoms with Crippen LogP contribution in [0.5, 0.6) is 0 Å². The topological polar surface area (TPSA) is 53.1 Å². The summed E-state index contributed by atoms with van der Waals surface area (Å²) in [5.74, 6) is 0. The van der Waals surface area contributed by atoms with Gasteiger partial charge in [-0.2, -0.15) is 5.10 Å². The fraction of sp³-hybridized carbons (Fsp3) is 0.727. The number of aromatic nitrogens is 2. The highest BCUT2D eigenvalue weighted by atomic mass is 16.5. The molecule has 15 heavy (non-hydrogen) atoms. The third-order valence-corrected chi connectivity index (χ3v) is 3.27. The molecule has 0 aliphatic carbocycles. The van der Waals surface area contributed by atoms with E-state index in [0.717, 1.165) is 31.7 Å². The molecule has 0 bridgehead atoms. The second-order valence-electron chi connectivity index (χ2n) is 4.31. The smallest absolute Gasteiger partial charge is 0.0862 e. The van der Waals surface area contributed by atoms with E-state index in [0.29, 0.717) is 0 Å². The van der Waals surface area contributed by atoms with Gasteiger partial charge in [-0.3, -0.25) is 4.68 Å². The molecule has 1 saturated heterocycles. The zero-order valence-corrected chi connectivity index (χ0v) is 9.44. The lowest BCUT2D eigenvalue weighted by Crippen LogP contribution is -2.39. The van der Waals surface area contributed by atoms with Crippen LogP contribution in [0.2, 0.25) is 0 Å². The fourth-order valence-corrected chi connectivity index (χ4v) is 2.23. The van der Waals surface area contributed by atoms with Gasteiger partial charge in [-0.25, -0.2) is 0 Å². The van der Waals surface area contributed by atoms with Gasteiger partial charge < -0.3 is 10.5 Å². The van der Waals surface area contributed by atoms with Crippen molar-refractivity contribution < 1.29 is 4.74 Å². The molecule has 84 valence electrons. The average molecular weight is 209 g/mol. The van der Waals surface area contributed by atoms with E-state index in [4.69, 9.17) is 10.5 Å². The van der Waals surface area contributed by atoms with Crippen LogP contribution >= 0.6 is 0 Å². The minimum Gasteiger partial charge on any atom is -0.373 e. The number of rotatable bonds is 3. The van der Waals surface area contributed by atoms with Crippen LogP contribution in [0.4, 0.5) is 0 Å². The number of aryl methyl sites for hydroxylation is 1. The first-order valence-electron chi connectivity index (χ1n) is 5.58. The molecule has 0 radical (unpaired) electrons. The van der Waals surface area contributed by atoms with Crippen molar-refractivity contribution in [2.75, 3.05) is 6.61 Å². The van der Waals surface area contributed by atoms with Crippen LogP contribution < -0.4 is 5.73 Å². The molecule has 4 heteroatoms. The highest BCUT2D eigenvalue weighted by Gasteiger charge is 2.38. The lowest BCUT2D eigenvalue weighted by Gasteiger charge is -2.30. The molecule has 1 aliphatic heterocycles. The quantitative estimate of drug-likeness (QED) is 0.820. The Morgan fingerprint density at radius 2 is 2.53 bits per heavy atom. The molecule has 1 aromatic heterocycles. The molecule has 2 rings (SSSR count). The molecule has 0 spiro atoms. The SMILES string of the molecule is CCn1nccc1C(N)C1(C)CCCO1. The Kier molecular flexibility index (Phi) is 2.80. The molecule has 1 fully saturated rings. The Labute approximate surface area is 90.4 Å². The van der Waals surface area contributed by atoms with Crippen molar-refractivity contribution in [3.05, 3.63) is 18.0 Å². The second kappa shape index (κ2) is 3.94. The minimum atomic E-state index is -0.215. The van der Waals surface area contributed by atoms with Crippen LogP contribution in [-0.2, 0) is 11.3 Å². The number of hydrogen-bond donors (Lipinski definition) is 1. The number of nitrogens with zero attached hydrogens (tertiary/aromatic N) is 2. The number of ether oxygens (including phenoxy) is 1. The summed E-state index contributed by atoms with van der Waals surface area (Å²) in [6.45, 7) is 5.84. The predicted octanol–water partition coefficient (Wildman–Crippen LogP) is 1.47. The Balaban J connectivity index is 2.23. The highest BCUT2D eigenvalue weighted by Crippen LogP contribution is 2.35. The normalized spacial score (nSPS) is 28.2. The third-order valence-electron chi connectivity index (χ3n) is 3.27. The largest absolute Gasteiger partial charge is 0.373 e. The van der Waals surface area contributed by atoms with E-state index >= 15 is 0 Å². The molecular formula is C11H19N3O.